The summed E-state index contributed by atoms with van der Waals surface area (Å²) in [5.41, 5.74) is 1.47. The summed E-state index contributed by atoms with van der Waals surface area (Å²) in [6.07, 6.45) is 3.51. The second-order valence-electron chi connectivity index (χ2n) is 6.90. The smallest absolute Gasteiger partial charge is 0.253 e. The number of rotatable bonds is 4. The number of benzene rings is 1. The summed E-state index contributed by atoms with van der Waals surface area (Å²) in [4.78, 5) is 12.8. The lowest BCUT2D eigenvalue weighted by Crippen LogP contribution is -2.53. The maximum Gasteiger partial charge on any atom is 0.253 e. The van der Waals surface area contributed by atoms with Gasteiger partial charge >= 0.3 is 0 Å². The van der Waals surface area contributed by atoms with Crippen molar-refractivity contribution in [1.29, 1.82) is 0 Å². The molecule has 1 aromatic rings. The molecule has 1 aliphatic carbocycles. The molecule has 1 heterocycles. The van der Waals surface area contributed by atoms with E-state index in [9.17, 15) is 9.90 Å². The van der Waals surface area contributed by atoms with E-state index in [1.165, 1.54) is 0 Å². The highest BCUT2D eigenvalue weighted by Gasteiger charge is 2.39. The molecule has 1 amide bonds. The summed E-state index contributed by atoms with van der Waals surface area (Å²) in [5, 5.41) is 16.8. The Morgan fingerprint density at radius 2 is 2.00 bits per heavy atom. The normalized spacial score (nSPS) is 26.4. The fraction of sp³-hybridized carbons (Fsp3) is 0.611. The molecule has 0 spiro atoms. The van der Waals surface area contributed by atoms with Gasteiger partial charge in [0.2, 0.25) is 0 Å². The van der Waals surface area contributed by atoms with E-state index in [1.807, 2.05) is 19.1 Å². The molecule has 23 heavy (non-hydrogen) atoms. The number of hydrogen-bond donors (Lipinski definition) is 3. The number of nitrogens with one attached hydrogen (secondary N) is 2. The number of carbonyl (C=O) groups is 1. The van der Waals surface area contributed by atoms with Crippen LogP contribution in [-0.2, 0) is 0 Å². The molecule has 1 saturated heterocycles. The number of halogens is 1. The lowest BCUT2D eigenvalue weighted by Gasteiger charge is -2.43. The van der Waals surface area contributed by atoms with Crippen LogP contribution >= 0.6 is 11.6 Å². The predicted molar refractivity (Wildman–Crippen MR) is 91.8 cm³/mol. The third kappa shape index (κ3) is 3.70. The molecular weight excluding hydrogens is 312 g/mol. The molecule has 1 atom stereocenters. The fourth-order valence-electron chi connectivity index (χ4n) is 3.89. The van der Waals surface area contributed by atoms with Crippen molar-refractivity contribution in [1.82, 2.24) is 10.6 Å². The summed E-state index contributed by atoms with van der Waals surface area (Å²) >= 11 is 6.23. The first-order valence-electron chi connectivity index (χ1n) is 8.51. The molecule has 4 nitrogen and oxygen atoms in total. The van der Waals surface area contributed by atoms with E-state index in [0.29, 0.717) is 22.4 Å². The van der Waals surface area contributed by atoms with Crippen LogP contribution in [0.5, 0.6) is 0 Å². The van der Waals surface area contributed by atoms with Crippen LogP contribution in [0.3, 0.4) is 0 Å². The Kier molecular flexibility index (Phi) is 5.24. The predicted octanol–water partition coefficient (Wildman–Crippen LogP) is 2.52. The van der Waals surface area contributed by atoms with Crippen molar-refractivity contribution in [3.8, 4) is 0 Å². The lowest BCUT2D eigenvalue weighted by molar-refractivity contribution is 0.00918. The van der Waals surface area contributed by atoms with Gasteiger partial charge in [-0.05, 0) is 69.2 Å². The number of aliphatic hydroxyl groups excluding tert-OH is 1. The first-order valence-corrected chi connectivity index (χ1v) is 8.89. The molecule has 1 aliphatic heterocycles. The second-order valence-corrected chi connectivity index (χ2v) is 7.31. The molecule has 1 saturated carbocycles. The monoisotopic (exact) mass is 336 g/mol. The van der Waals surface area contributed by atoms with E-state index >= 15 is 0 Å². The van der Waals surface area contributed by atoms with E-state index in [1.54, 1.807) is 6.07 Å². The number of aliphatic hydroxyl groups is 1. The molecule has 0 bridgehead atoms. The van der Waals surface area contributed by atoms with Gasteiger partial charge in [-0.2, -0.15) is 0 Å². The molecule has 5 heteroatoms. The number of aryl methyl sites for hydroxylation is 1. The second kappa shape index (κ2) is 7.20. The zero-order valence-corrected chi connectivity index (χ0v) is 14.3. The Balaban J connectivity index is 1.76. The largest absolute Gasteiger partial charge is 0.393 e. The van der Waals surface area contributed by atoms with Gasteiger partial charge in [0.25, 0.3) is 5.91 Å². The summed E-state index contributed by atoms with van der Waals surface area (Å²) in [7, 11) is 0. The van der Waals surface area contributed by atoms with Gasteiger partial charge in [0.15, 0.2) is 0 Å². The van der Waals surface area contributed by atoms with E-state index in [0.717, 1.165) is 44.3 Å². The van der Waals surface area contributed by atoms with Crippen LogP contribution in [0.1, 0.15) is 41.6 Å². The molecule has 0 radical (unpaired) electrons. The molecule has 3 N–H and O–H groups in total. The van der Waals surface area contributed by atoms with Crippen LogP contribution in [0.15, 0.2) is 18.2 Å². The third-order valence-corrected chi connectivity index (χ3v) is 5.61. The maximum absolute atomic E-state index is 12.8. The van der Waals surface area contributed by atoms with E-state index < -0.39 is 0 Å². The van der Waals surface area contributed by atoms with Crippen LogP contribution in [0.2, 0.25) is 5.02 Å². The van der Waals surface area contributed by atoms with Crippen molar-refractivity contribution in [2.45, 2.75) is 44.8 Å². The van der Waals surface area contributed by atoms with Gasteiger partial charge in [0, 0.05) is 6.04 Å². The lowest BCUT2D eigenvalue weighted by atomic mass is 9.71. The van der Waals surface area contributed by atoms with Crippen molar-refractivity contribution >= 4 is 17.5 Å². The van der Waals surface area contributed by atoms with Gasteiger partial charge in [0.05, 0.1) is 16.7 Å². The number of hydrogen-bond acceptors (Lipinski definition) is 3. The van der Waals surface area contributed by atoms with Gasteiger partial charge in [0.1, 0.15) is 0 Å². The average molecular weight is 337 g/mol. The average Bonchev–Trinajstić information content (AvgIpc) is 2.50. The van der Waals surface area contributed by atoms with Crippen molar-refractivity contribution in [2.75, 3.05) is 13.1 Å². The van der Waals surface area contributed by atoms with E-state index in [4.69, 9.17) is 11.6 Å². The van der Waals surface area contributed by atoms with E-state index in [-0.39, 0.29) is 18.1 Å². The summed E-state index contributed by atoms with van der Waals surface area (Å²) in [6.45, 7) is 3.91. The van der Waals surface area contributed by atoms with Crippen LogP contribution in [-0.4, -0.2) is 36.2 Å². The zero-order valence-electron chi connectivity index (χ0n) is 13.5. The standard InChI is InChI=1S/C18H25ClN2O2/c1-11-3-2-4-15(19)16(11)18(23)21-17(13-9-14(22)10-13)12-5-7-20-8-6-12/h2-4,12-14,17,20,22H,5-10H2,1H3,(H,21,23). The van der Waals surface area contributed by atoms with Crippen molar-refractivity contribution < 1.29 is 9.90 Å². The minimum absolute atomic E-state index is 0.0852. The first kappa shape index (κ1) is 16.7. The molecule has 0 aromatic heterocycles. The highest BCUT2D eigenvalue weighted by atomic mass is 35.5. The van der Waals surface area contributed by atoms with Crippen molar-refractivity contribution in [3.63, 3.8) is 0 Å². The first-order chi connectivity index (χ1) is 11.1. The van der Waals surface area contributed by atoms with Crippen LogP contribution < -0.4 is 10.6 Å². The van der Waals surface area contributed by atoms with Gasteiger partial charge in [-0.1, -0.05) is 23.7 Å². The summed E-state index contributed by atoms with van der Waals surface area (Å²) in [6, 6.07) is 5.66. The molecule has 126 valence electrons. The summed E-state index contributed by atoms with van der Waals surface area (Å²) < 4.78 is 0. The van der Waals surface area contributed by atoms with Gasteiger partial charge < -0.3 is 15.7 Å². The maximum atomic E-state index is 12.8. The number of amides is 1. The highest BCUT2D eigenvalue weighted by molar-refractivity contribution is 6.34. The van der Waals surface area contributed by atoms with Gasteiger partial charge in [-0.25, -0.2) is 0 Å². The molecule has 2 fully saturated rings. The van der Waals surface area contributed by atoms with Crippen molar-refractivity contribution in [2.24, 2.45) is 11.8 Å². The van der Waals surface area contributed by atoms with Crippen LogP contribution in [0.25, 0.3) is 0 Å². The van der Waals surface area contributed by atoms with E-state index in [2.05, 4.69) is 10.6 Å². The zero-order chi connectivity index (χ0) is 16.4. The SMILES string of the molecule is Cc1cccc(Cl)c1C(=O)NC(C1CCNCC1)C1CC(O)C1. The molecule has 2 aliphatic rings. The molecule has 1 unspecified atom stereocenters. The molecule has 3 rings (SSSR count). The Morgan fingerprint density at radius 3 is 2.61 bits per heavy atom. The number of piperidine rings is 1. The Morgan fingerprint density at radius 1 is 1.30 bits per heavy atom. The molecule has 1 aromatic carbocycles. The summed E-state index contributed by atoms with van der Waals surface area (Å²) in [5.74, 6) is 0.762. The molecular formula is C18H25ClN2O2. The Labute approximate surface area is 142 Å². The van der Waals surface area contributed by atoms with Gasteiger partial charge in [-0.15, -0.1) is 0 Å². The minimum atomic E-state index is -0.205. The number of carbonyl (C=O) groups excluding carboxylic acids is 1. The quantitative estimate of drug-likeness (QED) is 0.791. The Bertz CT molecular complexity index is 546. The highest BCUT2D eigenvalue weighted by Crippen LogP contribution is 2.36. The van der Waals surface area contributed by atoms with Crippen molar-refractivity contribution in [3.05, 3.63) is 34.3 Å². The Hall–Kier alpha value is -1.10. The van der Waals surface area contributed by atoms with Crippen LogP contribution in [0, 0.1) is 18.8 Å². The minimum Gasteiger partial charge on any atom is -0.393 e. The third-order valence-electron chi connectivity index (χ3n) is 5.30. The topological polar surface area (TPSA) is 61.4 Å². The van der Waals surface area contributed by atoms with Gasteiger partial charge in [-0.3, -0.25) is 4.79 Å². The fourth-order valence-corrected chi connectivity index (χ4v) is 4.20. The van der Waals surface area contributed by atoms with Crippen LogP contribution in [0.4, 0.5) is 0 Å².